The normalized spacial score (nSPS) is 12.4. The fourth-order valence-corrected chi connectivity index (χ4v) is 5.11. The van der Waals surface area contributed by atoms with E-state index in [4.69, 9.17) is 4.74 Å². The zero-order valence-electron chi connectivity index (χ0n) is 12.2. The van der Waals surface area contributed by atoms with Crippen molar-refractivity contribution in [3.63, 3.8) is 0 Å². The summed E-state index contributed by atoms with van der Waals surface area (Å²) < 4.78 is 8.19. The van der Waals surface area contributed by atoms with E-state index in [-0.39, 0.29) is 6.04 Å². The molecule has 1 aromatic heterocycles. The SMILES string of the molecule is CCCOc1ccccc1C(NCC)c1cc(Br)sc1Br. The van der Waals surface area contributed by atoms with Crippen molar-refractivity contribution in [3.8, 4) is 5.75 Å². The Morgan fingerprint density at radius 2 is 1.95 bits per heavy atom. The van der Waals surface area contributed by atoms with Crippen LogP contribution in [0.15, 0.2) is 37.9 Å². The van der Waals surface area contributed by atoms with Gasteiger partial charge in [0.25, 0.3) is 0 Å². The maximum Gasteiger partial charge on any atom is 0.124 e. The Bertz CT molecular complexity index is 585. The average molecular weight is 433 g/mol. The molecule has 0 aliphatic rings. The summed E-state index contributed by atoms with van der Waals surface area (Å²) in [5.41, 5.74) is 2.42. The number of para-hydroxylation sites is 1. The minimum absolute atomic E-state index is 0.125. The van der Waals surface area contributed by atoms with Crippen LogP contribution in [0.1, 0.15) is 37.4 Å². The molecular weight excluding hydrogens is 414 g/mol. The average Bonchev–Trinajstić information content (AvgIpc) is 2.81. The first-order valence-corrected chi connectivity index (χ1v) is 9.47. The molecule has 0 spiro atoms. The Balaban J connectivity index is 2.40. The van der Waals surface area contributed by atoms with Crippen LogP contribution in [0.5, 0.6) is 5.75 Å². The lowest BCUT2D eigenvalue weighted by atomic mass is 10.00. The molecule has 114 valence electrons. The number of hydrogen-bond acceptors (Lipinski definition) is 3. The molecule has 5 heteroatoms. The monoisotopic (exact) mass is 431 g/mol. The van der Waals surface area contributed by atoms with Crippen LogP contribution in [0.4, 0.5) is 0 Å². The highest BCUT2D eigenvalue weighted by atomic mass is 79.9. The fourth-order valence-electron chi connectivity index (χ4n) is 2.20. The van der Waals surface area contributed by atoms with Crippen molar-refractivity contribution < 1.29 is 4.74 Å². The zero-order chi connectivity index (χ0) is 15.2. The van der Waals surface area contributed by atoms with Gasteiger partial charge in [-0.1, -0.05) is 32.0 Å². The summed E-state index contributed by atoms with van der Waals surface area (Å²) in [5, 5.41) is 3.56. The number of thiophene rings is 1. The molecule has 1 aromatic carbocycles. The van der Waals surface area contributed by atoms with Crippen LogP contribution < -0.4 is 10.1 Å². The van der Waals surface area contributed by atoms with Gasteiger partial charge in [-0.3, -0.25) is 0 Å². The van der Waals surface area contributed by atoms with Gasteiger partial charge < -0.3 is 10.1 Å². The standard InChI is InChI=1S/C16H19Br2NOS/c1-3-9-20-13-8-6-5-7-11(13)15(19-4-2)12-10-14(17)21-16(12)18/h5-8,10,15,19H,3-4,9H2,1-2H3. The predicted molar refractivity (Wildman–Crippen MR) is 97.5 cm³/mol. The summed E-state index contributed by atoms with van der Waals surface area (Å²) >= 11 is 8.93. The molecule has 0 aliphatic carbocycles. The van der Waals surface area contributed by atoms with Gasteiger partial charge in [0, 0.05) is 5.56 Å². The largest absolute Gasteiger partial charge is 0.493 e. The van der Waals surface area contributed by atoms with Crippen molar-refractivity contribution in [2.75, 3.05) is 13.2 Å². The summed E-state index contributed by atoms with van der Waals surface area (Å²) in [4.78, 5) is 0. The molecule has 2 rings (SSSR count). The van der Waals surface area contributed by atoms with Crippen molar-refractivity contribution in [1.82, 2.24) is 5.32 Å². The highest BCUT2D eigenvalue weighted by molar-refractivity contribution is 9.12. The van der Waals surface area contributed by atoms with E-state index in [2.05, 4.69) is 69.2 Å². The van der Waals surface area contributed by atoms with E-state index in [9.17, 15) is 0 Å². The Morgan fingerprint density at radius 3 is 2.57 bits per heavy atom. The summed E-state index contributed by atoms with van der Waals surface area (Å²) in [5.74, 6) is 0.958. The maximum atomic E-state index is 5.92. The van der Waals surface area contributed by atoms with Crippen LogP contribution in [0, 0.1) is 0 Å². The number of benzene rings is 1. The topological polar surface area (TPSA) is 21.3 Å². The highest BCUT2D eigenvalue weighted by Gasteiger charge is 2.21. The summed E-state index contributed by atoms with van der Waals surface area (Å²) in [6.45, 7) is 5.88. The molecule has 1 atom stereocenters. The van der Waals surface area contributed by atoms with Gasteiger partial charge in [0.2, 0.25) is 0 Å². The third-order valence-electron chi connectivity index (χ3n) is 3.09. The van der Waals surface area contributed by atoms with Crippen LogP contribution in [-0.2, 0) is 0 Å². The summed E-state index contributed by atoms with van der Waals surface area (Å²) in [6, 6.07) is 10.6. The quantitative estimate of drug-likeness (QED) is 0.600. The molecule has 0 fully saturated rings. The van der Waals surface area contributed by atoms with E-state index >= 15 is 0 Å². The van der Waals surface area contributed by atoms with Crippen molar-refractivity contribution >= 4 is 43.2 Å². The molecule has 0 amide bonds. The van der Waals surface area contributed by atoms with Crippen molar-refractivity contribution in [2.24, 2.45) is 0 Å². The fraction of sp³-hybridized carbons (Fsp3) is 0.375. The molecule has 0 aliphatic heterocycles. The van der Waals surface area contributed by atoms with E-state index < -0.39 is 0 Å². The lowest BCUT2D eigenvalue weighted by Gasteiger charge is -2.21. The second kappa shape index (κ2) is 8.32. The molecule has 2 aromatic rings. The van der Waals surface area contributed by atoms with Gasteiger partial charge in [-0.05, 0) is 62.5 Å². The first-order chi connectivity index (χ1) is 10.2. The summed E-state index contributed by atoms with van der Waals surface area (Å²) in [6.07, 6.45) is 1.01. The van der Waals surface area contributed by atoms with Crippen molar-refractivity contribution in [2.45, 2.75) is 26.3 Å². The van der Waals surface area contributed by atoms with Crippen LogP contribution in [0.2, 0.25) is 0 Å². The van der Waals surface area contributed by atoms with Gasteiger partial charge in [0.05, 0.1) is 20.2 Å². The second-order valence-corrected chi connectivity index (χ2v) is 8.41. The maximum absolute atomic E-state index is 5.92. The van der Waals surface area contributed by atoms with Gasteiger partial charge in [-0.15, -0.1) is 11.3 Å². The number of hydrogen-bond donors (Lipinski definition) is 1. The van der Waals surface area contributed by atoms with Gasteiger partial charge in [-0.2, -0.15) is 0 Å². The van der Waals surface area contributed by atoms with E-state index in [0.717, 1.165) is 32.9 Å². The molecule has 0 saturated heterocycles. The van der Waals surface area contributed by atoms with Crippen LogP contribution in [0.3, 0.4) is 0 Å². The Kier molecular flexibility index (Phi) is 6.74. The first kappa shape index (κ1) is 17.0. The van der Waals surface area contributed by atoms with Gasteiger partial charge in [-0.25, -0.2) is 0 Å². The molecule has 0 bridgehead atoms. The molecule has 0 saturated carbocycles. The molecule has 1 unspecified atom stereocenters. The third-order valence-corrected chi connectivity index (χ3v) is 5.48. The zero-order valence-corrected chi connectivity index (χ0v) is 16.1. The predicted octanol–water partition coefficient (Wildman–Crippen LogP) is 5.76. The van der Waals surface area contributed by atoms with E-state index in [1.807, 2.05) is 12.1 Å². The minimum Gasteiger partial charge on any atom is -0.493 e. The molecule has 0 radical (unpaired) electrons. The molecule has 2 nitrogen and oxygen atoms in total. The highest BCUT2D eigenvalue weighted by Crippen LogP contribution is 2.40. The van der Waals surface area contributed by atoms with Crippen LogP contribution in [0.25, 0.3) is 0 Å². The second-order valence-electron chi connectivity index (χ2n) is 4.66. The van der Waals surface area contributed by atoms with Gasteiger partial charge in [0.1, 0.15) is 5.75 Å². The van der Waals surface area contributed by atoms with Crippen molar-refractivity contribution in [3.05, 3.63) is 49.0 Å². The number of nitrogens with one attached hydrogen (secondary N) is 1. The van der Waals surface area contributed by atoms with E-state index in [0.29, 0.717) is 0 Å². The molecule has 1 N–H and O–H groups in total. The van der Waals surface area contributed by atoms with Gasteiger partial charge in [0.15, 0.2) is 0 Å². The number of ether oxygens (including phenoxy) is 1. The minimum atomic E-state index is 0.125. The lowest BCUT2D eigenvalue weighted by Crippen LogP contribution is -2.22. The van der Waals surface area contributed by atoms with Gasteiger partial charge >= 0.3 is 0 Å². The Labute approximate surface area is 147 Å². The Hall–Kier alpha value is -0.360. The lowest BCUT2D eigenvalue weighted by molar-refractivity contribution is 0.312. The van der Waals surface area contributed by atoms with E-state index in [1.165, 1.54) is 11.1 Å². The van der Waals surface area contributed by atoms with Crippen LogP contribution >= 0.6 is 43.2 Å². The number of rotatable bonds is 7. The molecule has 1 heterocycles. The van der Waals surface area contributed by atoms with Crippen molar-refractivity contribution in [1.29, 1.82) is 0 Å². The van der Waals surface area contributed by atoms with E-state index in [1.54, 1.807) is 11.3 Å². The number of halogens is 2. The summed E-state index contributed by atoms with van der Waals surface area (Å²) in [7, 11) is 0. The smallest absolute Gasteiger partial charge is 0.124 e. The molecule has 21 heavy (non-hydrogen) atoms. The first-order valence-electron chi connectivity index (χ1n) is 7.07. The Morgan fingerprint density at radius 1 is 1.19 bits per heavy atom. The van der Waals surface area contributed by atoms with Crippen LogP contribution in [-0.4, -0.2) is 13.2 Å². The third kappa shape index (κ3) is 4.31. The molecular formula is C16H19Br2NOS.